The molecule has 2 heterocycles. The maximum atomic E-state index is 9.75. The predicted octanol–water partition coefficient (Wildman–Crippen LogP) is 1.60. The second kappa shape index (κ2) is 3.82. The molecule has 0 aliphatic heterocycles. The number of aromatic hydroxyl groups is 1. The Morgan fingerprint density at radius 3 is 2.83 bits per heavy atom. The normalized spacial score (nSPS) is 10.4. The number of phenols is 1. The summed E-state index contributed by atoms with van der Waals surface area (Å²) in [4.78, 5) is 15.0. The Hall–Kier alpha value is -2.94. The van der Waals surface area contributed by atoms with E-state index in [-0.39, 0.29) is 11.4 Å². The van der Waals surface area contributed by atoms with Crippen molar-refractivity contribution in [2.45, 2.75) is 0 Å². The van der Waals surface area contributed by atoms with Crippen LogP contribution in [-0.2, 0) is 0 Å². The molecule has 3 aromatic rings. The summed E-state index contributed by atoms with van der Waals surface area (Å²) in [6.07, 6.45) is 1.29. The van der Waals surface area contributed by atoms with Gasteiger partial charge in [-0.2, -0.15) is 5.26 Å². The number of aromatic nitrogens is 4. The van der Waals surface area contributed by atoms with E-state index in [1.54, 1.807) is 24.3 Å². The van der Waals surface area contributed by atoms with E-state index in [0.29, 0.717) is 22.6 Å². The van der Waals surface area contributed by atoms with E-state index in [1.807, 2.05) is 6.07 Å². The van der Waals surface area contributed by atoms with Crippen molar-refractivity contribution in [2.75, 3.05) is 0 Å². The summed E-state index contributed by atoms with van der Waals surface area (Å²) in [5.74, 6) is 0.572. The van der Waals surface area contributed by atoms with Crippen molar-refractivity contribution in [3.05, 3.63) is 36.3 Å². The van der Waals surface area contributed by atoms with Gasteiger partial charge in [-0.05, 0) is 12.1 Å². The minimum Gasteiger partial charge on any atom is -0.507 e. The van der Waals surface area contributed by atoms with Gasteiger partial charge in [-0.1, -0.05) is 12.1 Å². The number of fused-ring (bicyclic) bond motifs is 1. The summed E-state index contributed by atoms with van der Waals surface area (Å²) < 4.78 is 0. The van der Waals surface area contributed by atoms with E-state index >= 15 is 0 Å². The maximum Gasteiger partial charge on any atom is 0.182 e. The molecular formula is C12H7N5O. The number of imidazole rings is 1. The summed E-state index contributed by atoms with van der Waals surface area (Å²) in [7, 11) is 0. The molecule has 3 rings (SSSR count). The lowest BCUT2D eigenvalue weighted by Gasteiger charge is -1.98. The summed E-state index contributed by atoms with van der Waals surface area (Å²) >= 11 is 0. The fourth-order valence-corrected chi connectivity index (χ4v) is 1.71. The number of aromatic amines is 1. The van der Waals surface area contributed by atoms with Crippen LogP contribution in [-0.4, -0.2) is 25.0 Å². The van der Waals surface area contributed by atoms with Crippen LogP contribution in [0.4, 0.5) is 0 Å². The second-order valence-electron chi connectivity index (χ2n) is 3.64. The molecule has 0 saturated heterocycles. The van der Waals surface area contributed by atoms with E-state index in [4.69, 9.17) is 5.26 Å². The van der Waals surface area contributed by atoms with Crippen LogP contribution in [0.5, 0.6) is 5.75 Å². The second-order valence-corrected chi connectivity index (χ2v) is 3.64. The number of phenolic OH excluding ortho intramolecular Hbond substituents is 1. The van der Waals surface area contributed by atoms with Crippen LogP contribution in [0.15, 0.2) is 30.6 Å². The van der Waals surface area contributed by atoms with Gasteiger partial charge in [0.15, 0.2) is 11.3 Å². The highest BCUT2D eigenvalue weighted by atomic mass is 16.3. The number of nitrogens with one attached hydrogen (secondary N) is 1. The van der Waals surface area contributed by atoms with Gasteiger partial charge in [0.25, 0.3) is 0 Å². The first-order valence-electron chi connectivity index (χ1n) is 5.19. The molecule has 0 aliphatic rings. The molecule has 0 aliphatic carbocycles. The third-order valence-electron chi connectivity index (χ3n) is 2.55. The lowest BCUT2D eigenvalue weighted by atomic mass is 10.2. The van der Waals surface area contributed by atoms with Gasteiger partial charge in [0, 0.05) is 0 Å². The van der Waals surface area contributed by atoms with E-state index < -0.39 is 0 Å². The molecule has 0 amide bonds. The molecule has 86 valence electrons. The van der Waals surface area contributed by atoms with Crippen molar-refractivity contribution in [3.63, 3.8) is 0 Å². The summed E-state index contributed by atoms with van der Waals surface area (Å²) in [6, 6.07) is 8.78. The van der Waals surface area contributed by atoms with E-state index in [1.165, 1.54) is 6.33 Å². The molecule has 0 atom stereocenters. The molecule has 0 bridgehead atoms. The van der Waals surface area contributed by atoms with E-state index in [0.717, 1.165) is 0 Å². The monoisotopic (exact) mass is 237 g/mol. The quantitative estimate of drug-likeness (QED) is 0.669. The molecule has 0 radical (unpaired) electrons. The van der Waals surface area contributed by atoms with Crippen LogP contribution >= 0.6 is 0 Å². The first-order valence-corrected chi connectivity index (χ1v) is 5.19. The number of hydrogen-bond donors (Lipinski definition) is 2. The summed E-state index contributed by atoms with van der Waals surface area (Å²) in [5, 5.41) is 18.7. The third-order valence-corrected chi connectivity index (χ3v) is 2.55. The van der Waals surface area contributed by atoms with Crippen molar-refractivity contribution >= 4 is 11.2 Å². The fourth-order valence-electron chi connectivity index (χ4n) is 1.71. The molecular weight excluding hydrogens is 230 g/mol. The number of nitriles is 1. The molecule has 2 aromatic heterocycles. The zero-order valence-corrected chi connectivity index (χ0v) is 9.12. The van der Waals surface area contributed by atoms with Crippen molar-refractivity contribution in [2.24, 2.45) is 0 Å². The molecule has 6 nitrogen and oxygen atoms in total. The molecule has 18 heavy (non-hydrogen) atoms. The molecule has 0 saturated carbocycles. The first kappa shape index (κ1) is 10.2. The Kier molecular flexibility index (Phi) is 2.17. The van der Waals surface area contributed by atoms with Crippen molar-refractivity contribution in [3.8, 4) is 23.2 Å². The van der Waals surface area contributed by atoms with Crippen LogP contribution in [0.2, 0.25) is 0 Å². The summed E-state index contributed by atoms with van der Waals surface area (Å²) in [5.41, 5.74) is 1.66. The Balaban J connectivity index is 2.27. The number of H-pyrrole nitrogens is 1. The number of para-hydroxylation sites is 1. The number of rotatable bonds is 1. The predicted molar refractivity (Wildman–Crippen MR) is 63.5 cm³/mol. The average molecular weight is 237 g/mol. The topological polar surface area (TPSA) is 98.5 Å². The van der Waals surface area contributed by atoms with Gasteiger partial charge in [-0.3, -0.25) is 0 Å². The first-order chi connectivity index (χ1) is 8.79. The Morgan fingerprint density at radius 1 is 1.22 bits per heavy atom. The largest absolute Gasteiger partial charge is 0.507 e. The van der Waals surface area contributed by atoms with Crippen LogP contribution in [0.25, 0.3) is 22.6 Å². The molecule has 2 N–H and O–H groups in total. The lowest BCUT2D eigenvalue weighted by Crippen LogP contribution is -1.86. The fraction of sp³-hybridized carbons (Fsp3) is 0. The summed E-state index contributed by atoms with van der Waals surface area (Å²) in [6.45, 7) is 0. The highest BCUT2D eigenvalue weighted by Gasteiger charge is 2.12. The molecule has 0 fully saturated rings. The van der Waals surface area contributed by atoms with Crippen LogP contribution in [0.1, 0.15) is 5.69 Å². The standard InChI is InChI=1S/C12H7N5O/c13-5-8-10-12(15-6-14-8)17-11(16-10)7-3-1-2-4-9(7)18/h1-4,6,18H,(H,14,15,16,17). The molecule has 6 heteroatoms. The van der Waals surface area contributed by atoms with Gasteiger partial charge in [0.1, 0.15) is 29.5 Å². The van der Waals surface area contributed by atoms with Crippen LogP contribution in [0.3, 0.4) is 0 Å². The highest BCUT2D eigenvalue weighted by molar-refractivity contribution is 5.80. The maximum absolute atomic E-state index is 9.75. The van der Waals surface area contributed by atoms with Crippen LogP contribution in [0, 0.1) is 11.3 Å². The smallest absolute Gasteiger partial charge is 0.182 e. The molecule has 0 spiro atoms. The van der Waals surface area contributed by atoms with Gasteiger partial charge in [0.2, 0.25) is 0 Å². The van der Waals surface area contributed by atoms with Gasteiger partial charge in [0.05, 0.1) is 5.56 Å². The highest BCUT2D eigenvalue weighted by Crippen LogP contribution is 2.27. The molecule has 0 unspecified atom stereocenters. The van der Waals surface area contributed by atoms with Crippen molar-refractivity contribution in [1.82, 2.24) is 19.9 Å². The van der Waals surface area contributed by atoms with Crippen molar-refractivity contribution < 1.29 is 5.11 Å². The van der Waals surface area contributed by atoms with E-state index in [2.05, 4.69) is 19.9 Å². The van der Waals surface area contributed by atoms with Crippen LogP contribution < -0.4 is 0 Å². The zero-order valence-electron chi connectivity index (χ0n) is 9.12. The molecule has 1 aromatic carbocycles. The minimum absolute atomic E-state index is 0.114. The zero-order chi connectivity index (χ0) is 12.5. The van der Waals surface area contributed by atoms with Gasteiger partial charge in [-0.15, -0.1) is 0 Å². The van der Waals surface area contributed by atoms with Gasteiger partial charge in [-0.25, -0.2) is 15.0 Å². The van der Waals surface area contributed by atoms with Gasteiger partial charge < -0.3 is 10.1 Å². The van der Waals surface area contributed by atoms with Gasteiger partial charge >= 0.3 is 0 Å². The minimum atomic E-state index is 0.114. The Morgan fingerprint density at radius 2 is 2.06 bits per heavy atom. The van der Waals surface area contributed by atoms with Crippen molar-refractivity contribution in [1.29, 1.82) is 5.26 Å². The Labute approximate surface area is 102 Å². The SMILES string of the molecule is N#Cc1ncnc2nc(-c3ccccc3O)[nH]c12. The lowest BCUT2D eigenvalue weighted by molar-refractivity contribution is 0.477. The number of hydrogen-bond acceptors (Lipinski definition) is 5. The third kappa shape index (κ3) is 1.46. The van der Waals surface area contributed by atoms with E-state index in [9.17, 15) is 5.11 Å². The Bertz CT molecular complexity index is 771. The number of benzene rings is 1. The number of nitrogens with zero attached hydrogens (tertiary/aromatic N) is 4. The average Bonchev–Trinajstić information content (AvgIpc) is 2.82.